The van der Waals surface area contributed by atoms with E-state index in [1.807, 2.05) is 18.2 Å². The summed E-state index contributed by atoms with van der Waals surface area (Å²) in [4.78, 5) is 11.5. The molecule has 0 atom stereocenters. The van der Waals surface area contributed by atoms with E-state index in [2.05, 4.69) is 33.0 Å². The number of benzene rings is 1. The molecule has 2 aromatic rings. The maximum absolute atomic E-state index is 11.5. The van der Waals surface area contributed by atoms with Crippen LogP contribution in [0.1, 0.15) is 5.56 Å². The van der Waals surface area contributed by atoms with Crippen LogP contribution in [0, 0.1) is 0 Å². The van der Waals surface area contributed by atoms with Gasteiger partial charge in [-0.1, -0.05) is 53.4 Å². The Morgan fingerprint density at radius 2 is 2.14 bits per heavy atom. The zero-order chi connectivity index (χ0) is 15.6. The minimum Gasteiger partial charge on any atom is -0.383 e. The number of aryl methyl sites for hydroxylation is 1. The highest BCUT2D eigenvalue weighted by molar-refractivity contribution is 8.01. The summed E-state index contributed by atoms with van der Waals surface area (Å²) in [7, 11) is 1.59. The van der Waals surface area contributed by atoms with E-state index in [0.717, 1.165) is 16.5 Å². The second-order valence-electron chi connectivity index (χ2n) is 4.33. The van der Waals surface area contributed by atoms with Gasteiger partial charge in [0, 0.05) is 19.4 Å². The maximum Gasteiger partial charge on any atom is 0.321 e. The number of methoxy groups -OCH3 is 1. The molecule has 0 spiro atoms. The molecule has 1 aromatic heterocycles. The molecule has 2 N–H and O–H groups in total. The molecule has 0 saturated heterocycles. The number of carbonyl (C=O) groups excluding carboxylic acids is 1. The van der Waals surface area contributed by atoms with Crippen molar-refractivity contribution >= 4 is 34.3 Å². The summed E-state index contributed by atoms with van der Waals surface area (Å²) < 4.78 is 5.71. The molecule has 6 nitrogen and oxygen atoms in total. The van der Waals surface area contributed by atoms with E-state index in [-0.39, 0.29) is 6.03 Å². The van der Waals surface area contributed by atoms with E-state index in [4.69, 9.17) is 4.74 Å². The molecule has 0 bridgehead atoms. The predicted octanol–water partition coefficient (Wildman–Crippen LogP) is 2.64. The van der Waals surface area contributed by atoms with Crippen molar-refractivity contribution in [1.29, 1.82) is 0 Å². The van der Waals surface area contributed by atoms with Crippen LogP contribution in [0.2, 0.25) is 0 Å². The number of hydrogen-bond donors (Lipinski definition) is 2. The van der Waals surface area contributed by atoms with Gasteiger partial charge >= 0.3 is 6.03 Å². The Balaban J connectivity index is 1.71. The van der Waals surface area contributed by atoms with Crippen molar-refractivity contribution in [1.82, 2.24) is 15.5 Å². The summed E-state index contributed by atoms with van der Waals surface area (Å²) in [5.74, 6) is 0.929. The number of thioether (sulfide) groups is 1. The highest BCUT2D eigenvalue weighted by atomic mass is 32.2. The van der Waals surface area contributed by atoms with Crippen molar-refractivity contribution in [2.24, 2.45) is 0 Å². The van der Waals surface area contributed by atoms with Crippen LogP contribution in [0.3, 0.4) is 0 Å². The van der Waals surface area contributed by atoms with E-state index in [9.17, 15) is 4.79 Å². The van der Waals surface area contributed by atoms with Crippen molar-refractivity contribution < 1.29 is 9.53 Å². The molecule has 0 aliphatic carbocycles. The number of aromatic nitrogens is 2. The van der Waals surface area contributed by atoms with Crippen molar-refractivity contribution in [2.45, 2.75) is 10.8 Å². The van der Waals surface area contributed by atoms with Crippen LogP contribution in [-0.2, 0) is 11.2 Å². The number of amides is 2. The van der Waals surface area contributed by atoms with Gasteiger partial charge in [-0.2, -0.15) is 0 Å². The van der Waals surface area contributed by atoms with Crippen LogP contribution in [0.15, 0.2) is 34.7 Å². The number of rotatable bonds is 8. The molecule has 0 radical (unpaired) electrons. The van der Waals surface area contributed by atoms with Gasteiger partial charge in [0.15, 0.2) is 4.34 Å². The zero-order valence-corrected chi connectivity index (χ0v) is 13.9. The van der Waals surface area contributed by atoms with Crippen molar-refractivity contribution in [2.75, 3.05) is 31.3 Å². The molecule has 1 heterocycles. The molecule has 118 valence electrons. The quantitative estimate of drug-likeness (QED) is 0.440. The number of urea groups is 1. The number of anilines is 1. The number of hydrogen-bond acceptors (Lipinski definition) is 6. The summed E-state index contributed by atoms with van der Waals surface area (Å²) in [6, 6.07) is 10.0. The molecular formula is C14H18N4O2S2. The lowest BCUT2D eigenvalue weighted by Crippen LogP contribution is -2.31. The first-order chi connectivity index (χ1) is 10.8. The van der Waals surface area contributed by atoms with Crippen LogP contribution in [0.4, 0.5) is 9.93 Å². The fraction of sp³-hybridized carbons (Fsp3) is 0.357. The Morgan fingerprint density at radius 1 is 1.32 bits per heavy atom. The van der Waals surface area contributed by atoms with Crippen LogP contribution >= 0.6 is 23.1 Å². The molecular weight excluding hydrogens is 320 g/mol. The Hall–Kier alpha value is -1.64. The molecule has 2 rings (SSSR count). The number of ether oxygens (including phenoxy) is 1. The Kier molecular flexibility index (Phi) is 7.14. The average molecular weight is 338 g/mol. The predicted molar refractivity (Wildman–Crippen MR) is 89.7 cm³/mol. The average Bonchev–Trinajstić information content (AvgIpc) is 2.96. The number of carbonyl (C=O) groups is 1. The smallest absolute Gasteiger partial charge is 0.321 e. The summed E-state index contributed by atoms with van der Waals surface area (Å²) in [5.41, 5.74) is 1.30. The minimum atomic E-state index is -0.297. The third kappa shape index (κ3) is 6.00. The zero-order valence-electron chi connectivity index (χ0n) is 12.2. The molecule has 0 unspecified atom stereocenters. The fourth-order valence-corrected chi connectivity index (χ4v) is 3.43. The van der Waals surface area contributed by atoms with E-state index >= 15 is 0 Å². The molecule has 0 saturated carbocycles. The monoisotopic (exact) mass is 338 g/mol. The van der Waals surface area contributed by atoms with E-state index in [0.29, 0.717) is 18.3 Å². The molecule has 0 aliphatic heterocycles. The van der Waals surface area contributed by atoms with Gasteiger partial charge in [0.25, 0.3) is 0 Å². The third-order valence-corrected chi connectivity index (χ3v) is 4.65. The number of nitrogens with zero attached hydrogens (tertiary/aromatic N) is 2. The first kappa shape index (κ1) is 16.7. The van der Waals surface area contributed by atoms with Gasteiger partial charge in [-0.3, -0.25) is 5.32 Å². The van der Waals surface area contributed by atoms with Gasteiger partial charge in [-0.25, -0.2) is 4.79 Å². The van der Waals surface area contributed by atoms with Gasteiger partial charge in [-0.15, -0.1) is 10.2 Å². The van der Waals surface area contributed by atoms with Crippen molar-refractivity contribution in [3.8, 4) is 0 Å². The van der Waals surface area contributed by atoms with Gasteiger partial charge in [0.1, 0.15) is 0 Å². The molecule has 8 heteroatoms. The van der Waals surface area contributed by atoms with E-state index < -0.39 is 0 Å². The van der Waals surface area contributed by atoms with Crippen LogP contribution in [0.25, 0.3) is 0 Å². The fourth-order valence-electron chi connectivity index (χ4n) is 1.63. The third-order valence-electron chi connectivity index (χ3n) is 2.68. The summed E-state index contributed by atoms with van der Waals surface area (Å²) in [5, 5.41) is 13.8. The first-order valence-corrected chi connectivity index (χ1v) is 8.62. The highest BCUT2D eigenvalue weighted by Crippen LogP contribution is 2.25. The Bertz CT molecular complexity index is 577. The van der Waals surface area contributed by atoms with E-state index in [1.165, 1.54) is 16.9 Å². The molecule has 0 aliphatic rings. The minimum absolute atomic E-state index is 0.297. The lowest BCUT2D eigenvalue weighted by Gasteiger charge is -2.03. The standard InChI is InChI=1S/C14H18N4O2S2/c1-20-9-8-15-12(19)16-13-17-18-14(22-13)21-10-7-11-5-3-2-4-6-11/h2-6H,7-10H2,1H3,(H2,15,16,17,19). The summed E-state index contributed by atoms with van der Waals surface area (Å²) in [6.07, 6.45) is 0.978. The van der Waals surface area contributed by atoms with Crippen LogP contribution in [-0.4, -0.2) is 42.2 Å². The first-order valence-electron chi connectivity index (χ1n) is 6.82. The van der Waals surface area contributed by atoms with Crippen molar-refractivity contribution in [3.63, 3.8) is 0 Å². The topological polar surface area (TPSA) is 76.1 Å². The second-order valence-corrected chi connectivity index (χ2v) is 6.65. The molecule has 22 heavy (non-hydrogen) atoms. The van der Waals surface area contributed by atoms with Gasteiger partial charge in [0.2, 0.25) is 5.13 Å². The lowest BCUT2D eigenvalue weighted by atomic mass is 10.2. The Morgan fingerprint density at radius 3 is 2.91 bits per heavy atom. The highest BCUT2D eigenvalue weighted by Gasteiger charge is 2.08. The molecule has 1 aromatic carbocycles. The SMILES string of the molecule is COCCNC(=O)Nc1nnc(SCCc2ccccc2)s1. The normalized spacial score (nSPS) is 10.4. The maximum atomic E-state index is 11.5. The van der Waals surface area contributed by atoms with Gasteiger partial charge in [0.05, 0.1) is 6.61 Å². The van der Waals surface area contributed by atoms with E-state index in [1.54, 1.807) is 18.9 Å². The lowest BCUT2D eigenvalue weighted by molar-refractivity contribution is 0.198. The Labute approximate surface area is 137 Å². The van der Waals surface area contributed by atoms with Crippen LogP contribution in [0.5, 0.6) is 0 Å². The van der Waals surface area contributed by atoms with Gasteiger partial charge < -0.3 is 10.1 Å². The largest absolute Gasteiger partial charge is 0.383 e. The second kappa shape index (κ2) is 9.39. The summed E-state index contributed by atoms with van der Waals surface area (Å²) in [6.45, 7) is 0.934. The van der Waals surface area contributed by atoms with Crippen molar-refractivity contribution in [3.05, 3.63) is 35.9 Å². The summed E-state index contributed by atoms with van der Waals surface area (Å²) >= 11 is 3.01. The van der Waals surface area contributed by atoms with Gasteiger partial charge in [-0.05, 0) is 12.0 Å². The molecule has 2 amide bonds. The van der Waals surface area contributed by atoms with Crippen LogP contribution < -0.4 is 10.6 Å². The molecule has 0 fully saturated rings. The number of nitrogens with one attached hydrogen (secondary N) is 2.